The van der Waals surface area contributed by atoms with Gasteiger partial charge in [-0.2, -0.15) is 4.72 Å². The molecule has 0 saturated carbocycles. The van der Waals surface area contributed by atoms with Crippen LogP contribution >= 0.6 is 31.9 Å². The molecule has 0 saturated heterocycles. The summed E-state index contributed by atoms with van der Waals surface area (Å²) in [5, 5.41) is 8.99. The first-order valence-corrected chi connectivity index (χ1v) is 8.55. The normalized spacial score (nSPS) is 13.2. The number of sulfonamides is 1. The Morgan fingerprint density at radius 2 is 2.05 bits per heavy atom. The molecule has 1 rings (SSSR count). The number of halogens is 2. The summed E-state index contributed by atoms with van der Waals surface area (Å²) in [6, 6.07) is 3.55. The van der Waals surface area contributed by atoms with E-state index >= 15 is 0 Å². The molecule has 0 unspecified atom stereocenters. The van der Waals surface area contributed by atoms with Crippen molar-refractivity contribution in [2.75, 3.05) is 0 Å². The van der Waals surface area contributed by atoms with Gasteiger partial charge in [0.1, 0.15) is 6.04 Å². The average Bonchev–Trinajstić information content (AvgIpc) is 2.31. The Bertz CT molecular complexity index is 574. The maximum atomic E-state index is 12.2. The van der Waals surface area contributed by atoms with Crippen LogP contribution in [0.5, 0.6) is 0 Å². The van der Waals surface area contributed by atoms with Crippen LogP contribution in [0.25, 0.3) is 0 Å². The van der Waals surface area contributed by atoms with Crippen molar-refractivity contribution in [1.82, 2.24) is 4.72 Å². The van der Waals surface area contributed by atoms with E-state index in [9.17, 15) is 13.2 Å². The number of hydrogen-bond donors (Lipinski definition) is 2. The van der Waals surface area contributed by atoms with Crippen LogP contribution in [0.1, 0.15) is 19.8 Å². The second-order valence-corrected chi connectivity index (χ2v) is 7.33. The predicted molar refractivity (Wildman–Crippen MR) is 78.5 cm³/mol. The van der Waals surface area contributed by atoms with E-state index in [0.717, 1.165) is 0 Å². The van der Waals surface area contributed by atoms with Gasteiger partial charge >= 0.3 is 5.97 Å². The summed E-state index contributed by atoms with van der Waals surface area (Å²) in [4.78, 5) is 11.0. The second kappa shape index (κ2) is 6.83. The second-order valence-electron chi connectivity index (χ2n) is 3.88. The molecule has 0 aliphatic rings. The SMILES string of the molecule is CCC[C@H](NS(=O)(=O)c1cc(Br)ccc1Br)C(=O)O. The zero-order valence-corrected chi connectivity index (χ0v) is 14.0. The zero-order valence-electron chi connectivity index (χ0n) is 10.1. The van der Waals surface area contributed by atoms with E-state index in [0.29, 0.717) is 15.4 Å². The Hall–Kier alpha value is -0.440. The zero-order chi connectivity index (χ0) is 14.6. The summed E-state index contributed by atoms with van der Waals surface area (Å²) < 4.78 is 27.5. The summed E-state index contributed by atoms with van der Waals surface area (Å²) in [5.74, 6) is -1.18. The fraction of sp³-hybridized carbons (Fsp3) is 0.364. The van der Waals surface area contributed by atoms with Crippen molar-refractivity contribution in [3.8, 4) is 0 Å². The minimum atomic E-state index is -3.89. The predicted octanol–water partition coefficient (Wildman–Crippen LogP) is 2.74. The maximum absolute atomic E-state index is 12.2. The van der Waals surface area contributed by atoms with Crippen LogP contribution in [0.15, 0.2) is 32.0 Å². The molecule has 0 fully saturated rings. The first-order chi connectivity index (χ1) is 8.77. The Morgan fingerprint density at radius 1 is 1.42 bits per heavy atom. The third kappa shape index (κ3) is 4.55. The van der Waals surface area contributed by atoms with Gasteiger partial charge in [0.25, 0.3) is 0 Å². The Balaban J connectivity index is 3.10. The average molecular weight is 415 g/mol. The molecule has 0 amide bonds. The third-order valence-electron chi connectivity index (χ3n) is 2.36. The Labute approximate surface area is 128 Å². The van der Waals surface area contributed by atoms with Crippen LogP contribution in [0, 0.1) is 0 Å². The lowest BCUT2D eigenvalue weighted by Crippen LogP contribution is -2.40. The summed E-state index contributed by atoms with van der Waals surface area (Å²) >= 11 is 6.33. The molecule has 8 heteroatoms. The smallest absolute Gasteiger partial charge is 0.321 e. The van der Waals surface area contributed by atoms with Crippen molar-refractivity contribution in [2.45, 2.75) is 30.7 Å². The Kier molecular flexibility index (Phi) is 5.97. The first-order valence-electron chi connectivity index (χ1n) is 5.48. The largest absolute Gasteiger partial charge is 0.480 e. The van der Waals surface area contributed by atoms with Gasteiger partial charge in [-0.15, -0.1) is 0 Å². The van der Waals surface area contributed by atoms with Gasteiger partial charge in [-0.3, -0.25) is 4.79 Å². The van der Waals surface area contributed by atoms with Gasteiger partial charge in [-0.1, -0.05) is 29.3 Å². The van der Waals surface area contributed by atoms with Crippen molar-refractivity contribution < 1.29 is 18.3 Å². The van der Waals surface area contributed by atoms with E-state index in [4.69, 9.17) is 5.11 Å². The molecule has 0 spiro atoms. The molecular formula is C11H13Br2NO4S. The molecule has 106 valence electrons. The molecule has 0 aliphatic heterocycles. The molecule has 1 aromatic rings. The van der Waals surface area contributed by atoms with Crippen molar-refractivity contribution in [3.05, 3.63) is 27.1 Å². The standard InChI is InChI=1S/C11H13Br2NO4S/c1-2-3-9(11(15)16)14-19(17,18)10-6-7(12)4-5-8(10)13/h4-6,9,14H,2-3H2,1H3,(H,15,16)/t9-/m0/s1. The summed E-state index contributed by atoms with van der Waals surface area (Å²) in [7, 11) is -3.89. The van der Waals surface area contributed by atoms with Crippen LogP contribution in [0.3, 0.4) is 0 Å². The van der Waals surface area contributed by atoms with Crippen molar-refractivity contribution in [2.24, 2.45) is 0 Å². The van der Waals surface area contributed by atoms with Crippen molar-refractivity contribution in [3.63, 3.8) is 0 Å². The monoisotopic (exact) mass is 413 g/mol. The number of nitrogens with one attached hydrogen (secondary N) is 1. The number of rotatable bonds is 6. The molecule has 0 aromatic heterocycles. The van der Waals surface area contributed by atoms with E-state index in [-0.39, 0.29) is 11.3 Å². The summed E-state index contributed by atoms with van der Waals surface area (Å²) in [6.45, 7) is 1.79. The lowest BCUT2D eigenvalue weighted by atomic mass is 10.2. The van der Waals surface area contributed by atoms with Crippen LogP contribution in [0.2, 0.25) is 0 Å². The van der Waals surface area contributed by atoms with Crippen LogP contribution in [0.4, 0.5) is 0 Å². The highest BCUT2D eigenvalue weighted by Gasteiger charge is 2.26. The fourth-order valence-corrected chi connectivity index (χ4v) is 4.18. The topological polar surface area (TPSA) is 83.5 Å². The highest BCUT2D eigenvalue weighted by atomic mass is 79.9. The molecule has 1 aromatic carbocycles. The van der Waals surface area contributed by atoms with Gasteiger partial charge in [-0.25, -0.2) is 8.42 Å². The Morgan fingerprint density at radius 3 is 2.58 bits per heavy atom. The molecule has 1 atom stereocenters. The quantitative estimate of drug-likeness (QED) is 0.749. The molecule has 5 nitrogen and oxygen atoms in total. The van der Waals surface area contributed by atoms with E-state index in [1.54, 1.807) is 19.1 Å². The minimum Gasteiger partial charge on any atom is -0.480 e. The van der Waals surface area contributed by atoms with Gasteiger partial charge in [0.05, 0.1) is 4.90 Å². The van der Waals surface area contributed by atoms with Gasteiger partial charge < -0.3 is 5.11 Å². The van der Waals surface area contributed by atoms with E-state index in [2.05, 4.69) is 36.6 Å². The summed E-state index contributed by atoms with van der Waals surface area (Å²) in [5.41, 5.74) is 0. The van der Waals surface area contributed by atoms with Gasteiger partial charge in [0.15, 0.2) is 0 Å². The van der Waals surface area contributed by atoms with Gasteiger partial charge in [0, 0.05) is 8.95 Å². The first kappa shape index (κ1) is 16.6. The van der Waals surface area contributed by atoms with Gasteiger partial charge in [0.2, 0.25) is 10.0 Å². The number of aliphatic carboxylic acids is 1. The molecule has 0 aliphatic carbocycles. The minimum absolute atomic E-state index is 0.00391. The van der Waals surface area contributed by atoms with E-state index in [1.807, 2.05) is 0 Å². The lowest BCUT2D eigenvalue weighted by molar-refractivity contribution is -0.139. The number of carbonyl (C=O) groups is 1. The molecule has 0 radical (unpaired) electrons. The number of carboxylic acid groups (broad SMARTS) is 1. The highest BCUT2D eigenvalue weighted by Crippen LogP contribution is 2.25. The van der Waals surface area contributed by atoms with Crippen LogP contribution in [-0.4, -0.2) is 25.5 Å². The third-order valence-corrected chi connectivity index (χ3v) is 5.31. The maximum Gasteiger partial charge on any atom is 0.321 e. The van der Waals surface area contributed by atoms with E-state index < -0.39 is 22.0 Å². The molecule has 2 N–H and O–H groups in total. The van der Waals surface area contributed by atoms with E-state index in [1.165, 1.54) is 6.07 Å². The molecule has 19 heavy (non-hydrogen) atoms. The van der Waals surface area contributed by atoms with Crippen LogP contribution in [-0.2, 0) is 14.8 Å². The number of benzene rings is 1. The van der Waals surface area contributed by atoms with Crippen molar-refractivity contribution >= 4 is 47.9 Å². The summed E-state index contributed by atoms with van der Waals surface area (Å²) in [6.07, 6.45) is 0.805. The number of hydrogen-bond acceptors (Lipinski definition) is 3. The highest BCUT2D eigenvalue weighted by molar-refractivity contribution is 9.11. The molecule has 0 heterocycles. The lowest BCUT2D eigenvalue weighted by Gasteiger charge is -2.15. The van der Waals surface area contributed by atoms with Gasteiger partial charge in [-0.05, 0) is 40.5 Å². The molecule has 0 bridgehead atoms. The van der Waals surface area contributed by atoms with Crippen LogP contribution < -0.4 is 4.72 Å². The number of carboxylic acids is 1. The molecular weight excluding hydrogens is 402 g/mol. The fourth-order valence-electron chi connectivity index (χ4n) is 1.46. The van der Waals surface area contributed by atoms with Crippen molar-refractivity contribution in [1.29, 1.82) is 0 Å².